The average molecular weight is 473 g/mol. The Balaban J connectivity index is 1.69. The number of hydrogen-bond donors (Lipinski definition) is 2. The third kappa shape index (κ3) is 3.82. The number of aliphatic hydroxyl groups is 1. The molecule has 0 aromatic rings. The first-order valence-corrected chi connectivity index (χ1v) is 14.4. The Morgan fingerprint density at radius 2 is 1.68 bits per heavy atom. The van der Waals surface area contributed by atoms with Gasteiger partial charge in [0.1, 0.15) is 0 Å². The van der Waals surface area contributed by atoms with Crippen molar-refractivity contribution in [3.05, 3.63) is 12.2 Å². The molecule has 0 heterocycles. The molecule has 0 bridgehead atoms. The molecule has 4 aliphatic carbocycles. The highest BCUT2D eigenvalue weighted by Gasteiger charge is 2.68. The van der Waals surface area contributed by atoms with Gasteiger partial charge in [-0.2, -0.15) is 0 Å². The van der Waals surface area contributed by atoms with Gasteiger partial charge in [-0.3, -0.25) is 4.79 Å². The molecule has 3 saturated carbocycles. The molecule has 0 aromatic heterocycles. The van der Waals surface area contributed by atoms with Crippen LogP contribution in [0, 0.1) is 57.2 Å². The molecular formula is C31H52O3. The zero-order valence-corrected chi connectivity index (χ0v) is 23.1. The molecule has 0 aliphatic heterocycles. The number of carboxylic acids is 1. The number of aliphatic carboxylic acids is 1. The molecule has 2 N–H and O–H groups in total. The molecule has 3 nitrogen and oxygen atoms in total. The predicted molar refractivity (Wildman–Crippen MR) is 139 cm³/mol. The van der Waals surface area contributed by atoms with E-state index in [2.05, 4.69) is 60.6 Å². The molecule has 34 heavy (non-hydrogen) atoms. The fourth-order valence-corrected chi connectivity index (χ4v) is 10.2. The standard InChI is InChI=1S/C31H52O3/c1-20(2)9-8-10-21(3)22-14-18-31(19-27(33)34)24-11-12-25-28(4,5)26(32)15-16-29(25,6)23(24)13-17-30(22,31)7/h11-12,20-26,32H,8-10,13-19H2,1-7H3,(H,33,34)/t21-,22-,23+,24-,25+,26+,29-,30-,31-/m1/s1. The average Bonchev–Trinajstić information content (AvgIpc) is 3.03. The quantitative estimate of drug-likeness (QED) is 0.373. The van der Waals surface area contributed by atoms with Crippen LogP contribution in [-0.2, 0) is 4.79 Å². The molecule has 4 rings (SSSR count). The Morgan fingerprint density at radius 3 is 2.32 bits per heavy atom. The van der Waals surface area contributed by atoms with Crippen molar-refractivity contribution in [2.75, 3.05) is 0 Å². The maximum Gasteiger partial charge on any atom is 0.303 e. The van der Waals surface area contributed by atoms with E-state index < -0.39 is 5.97 Å². The Hall–Kier alpha value is -0.830. The van der Waals surface area contributed by atoms with Crippen molar-refractivity contribution < 1.29 is 15.0 Å². The van der Waals surface area contributed by atoms with Crippen LogP contribution in [0.2, 0.25) is 0 Å². The van der Waals surface area contributed by atoms with Crippen LogP contribution >= 0.6 is 0 Å². The molecule has 0 spiro atoms. The summed E-state index contributed by atoms with van der Waals surface area (Å²) in [5.41, 5.74) is -0.0152. The van der Waals surface area contributed by atoms with Gasteiger partial charge in [0, 0.05) is 0 Å². The Kier molecular flexibility index (Phi) is 6.89. The lowest BCUT2D eigenvalue weighted by Crippen LogP contribution is -2.61. The molecule has 0 radical (unpaired) electrons. The summed E-state index contributed by atoms with van der Waals surface area (Å²) in [7, 11) is 0. The first-order valence-electron chi connectivity index (χ1n) is 14.4. The van der Waals surface area contributed by atoms with Gasteiger partial charge in [-0.25, -0.2) is 0 Å². The van der Waals surface area contributed by atoms with Crippen LogP contribution in [-0.4, -0.2) is 22.3 Å². The van der Waals surface area contributed by atoms with Crippen molar-refractivity contribution in [2.45, 2.75) is 119 Å². The summed E-state index contributed by atoms with van der Waals surface area (Å²) in [6.07, 6.45) is 15.4. The number of carbonyl (C=O) groups is 1. The van der Waals surface area contributed by atoms with Crippen LogP contribution in [0.1, 0.15) is 113 Å². The number of aliphatic hydroxyl groups excluding tert-OH is 1. The molecule has 4 aliphatic rings. The maximum atomic E-state index is 12.4. The summed E-state index contributed by atoms with van der Waals surface area (Å²) in [6.45, 7) is 16.5. The minimum Gasteiger partial charge on any atom is -0.481 e. The molecule has 0 aromatic carbocycles. The zero-order valence-electron chi connectivity index (χ0n) is 23.1. The predicted octanol–water partition coefficient (Wildman–Crippen LogP) is 7.73. The van der Waals surface area contributed by atoms with Crippen molar-refractivity contribution in [1.82, 2.24) is 0 Å². The molecule has 3 fully saturated rings. The Bertz CT molecular complexity index is 798. The lowest BCUT2D eigenvalue weighted by atomic mass is 9.39. The van der Waals surface area contributed by atoms with Gasteiger partial charge >= 0.3 is 5.97 Å². The van der Waals surface area contributed by atoms with Gasteiger partial charge in [-0.05, 0) is 95.7 Å². The summed E-state index contributed by atoms with van der Waals surface area (Å²) >= 11 is 0. The van der Waals surface area contributed by atoms with Crippen LogP contribution in [0.25, 0.3) is 0 Å². The van der Waals surface area contributed by atoms with Gasteiger partial charge < -0.3 is 10.2 Å². The maximum absolute atomic E-state index is 12.4. The van der Waals surface area contributed by atoms with E-state index in [1.807, 2.05) is 0 Å². The number of rotatable bonds is 7. The second-order valence-corrected chi connectivity index (χ2v) is 14.5. The van der Waals surface area contributed by atoms with Gasteiger partial charge in [0.05, 0.1) is 12.5 Å². The molecular weight excluding hydrogens is 420 g/mol. The lowest BCUT2D eigenvalue weighted by Gasteiger charge is -2.66. The Morgan fingerprint density at radius 1 is 0.971 bits per heavy atom. The number of hydrogen-bond acceptors (Lipinski definition) is 2. The number of allylic oxidation sites excluding steroid dienone is 2. The summed E-state index contributed by atoms with van der Waals surface area (Å²) in [6, 6.07) is 0. The molecule has 3 heteroatoms. The highest BCUT2D eigenvalue weighted by molar-refractivity contribution is 5.68. The SMILES string of the molecule is CC(C)CCC[C@@H](C)[C@H]1CC[C@@]2(CC(=O)O)[C@@H]3C=C[C@H]4C(C)(C)[C@@H](O)CC[C@]4(C)[C@H]3CC[C@]12C. The van der Waals surface area contributed by atoms with E-state index in [0.717, 1.165) is 25.2 Å². The van der Waals surface area contributed by atoms with E-state index >= 15 is 0 Å². The molecule has 0 amide bonds. The zero-order chi connectivity index (χ0) is 25.1. The number of fused-ring (bicyclic) bond motifs is 5. The summed E-state index contributed by atoms with van der Waals surface area (Å²) < 4.78 is 0. The van der Waals surface area contributed by atoms with Crippen LogP contribution in [0.3, 0.4) is 0 Å². The Labute approximate surface area is 209 Å². The van der Waals surface area contributed by atoms with Crippen molar-refractivity contribution in [2.24, 2.45) is 57.2 Å². The summed E-state index contributed by atoms with van der Waals surface area (Å²) in [5.74, 6) is 2.68. The first kappa shape index (κ1) is 26.2. The number of carboxylic acid groups (broad SMARTS) is 1. The van der Waals surface area contributed by atoms with Crippen LogP contribution < -0.4 is 0 Å². The van der Waals surface area contributed by atoms with Crippen LogP contribution in [0.15, 0.2) is 12.2 Å². The van der Waals surface area contributed by atoms with Crippen molar-refractivity contribution >= 4 is 5.97 Å². The second kappa shape index (κ2) is 8.93. The van der Waals surface area contributed by atoms with Crippen molar-refractivity contribution in [3.8, 4) is 0 Å². The largest absolute Gasteiger partial charge is 0.481 e. The van der Waals surface area contributed by atoms with Gasteiger partial charge in [0.15, 0.2) is 0 Å². The van der Waals surface area contributed by atoms with Gasteiger partial charge in [-0.15, -0.1) is 0 Å². The lowest BCUT2D eigenvalue weighted by molar-refractivity contribution is -0.172. The molecule has 9 atom stereocenters. The first-order chi connectivity index (χ1) is 15.8. The van der Waals surface area contributed by atoms with Crippen molar-refractivity contribution in [1.29, 1.82) is 0 Å². The fraction of sp³-hybridized carbons (Fsp3) is 0.903. The minimum atomic E-state index is -0.611. The van der Waals surface area contributed by atoms with Crippen molar-refractivity contribution in [3.63, 3.8) is 0 Å². The van der Waals surface area contributed by atoms with E-state index in [4.69, 9.17) is 0 Å². The summed E-state index contributed by atoms with van der Waals surface area (Å²) in [5, 5.41) is 21.0. The van der Waals surface area contributed by atoms with E-state index in [9.17, 15) is 15.0 Å². The van der Waals surface area contributed by atoms with E-state index in [1.54, 1.807) is 0 Å². The van der Waals surface area contributed by atoms with Crippen LogP contribution in [0.5, 0.6) is 0 Å². The monoisotopic (exact) mass is 472 g/mol. The van der Waals surface area contributed by atoms with Gasteiger partial charge in [0.2, 0.25) is 0 Å². The molecule has 0 unspecified atom stereocenters. The highest BCUT2D eigenvalue weighted by atomic mass is 16.4. The normalized spacial score (nSPS) is 46.0. The van der Waals surface area contributed by atoms with E-state index in [1.165, 1.54) is 38.5 Å². The van der Waals surface area contributed by atoms with Gasteiger partial charge in [-0.1, -0.05) is 79.9 Å². The third-order valence-corrected chi connectivity index (χ3v) is 12.2. The molecule has 0 saturated heterocycles. The van der Waals surface area contributed by atoms with E-state index in [-0.39, 0.29) is 27.8 Å². The minimum absolute atomic E-state index is 0.0983. The fourth-order valence-electron chi connectivity index (χ4n) is 10.2. The smallest absolute Gasteiger partial charge is 0.303 e. The van der Waals surface area contributed by atoms with Crippen LogP contribution in [0.4, 0.5) is 0 Å². The highest BCUT2D eigenvalue weighted by Crippen LogP contribution is 2.74. The topological polar surface area (TPSA) is 57.5 Å². The third-order valence-electron chi connectivity index (χ3n) is 12.2. The van der Waals surface area contributed by atoms with E-state index in [0.29, 0.717) is 36.0 Å². The summed E-state index contributed by atoms with van der Waals surface area (Å²) in [4.78, 5) is 12.4. The molecule has 194 valence electrons. The second-order valence-electron chi connectivity index (χ2n) is 14.5. The van der Waals surface area contributed by atoms with Gasteiger partial charge in [0.25, 0.3) is 0 Å².